The van der Waals surface area contributed by atoms with Gasteiger partial charge in [-0.3, -0.25) is 0 Å². The number of likely N-dealkylation sites (tertiary alicyclic amines) is 1. The number of carbonyl (C=O) groups is 1. The Labute approximate surface area is 110 Å². The van der Waals surface area contributed by atoms with Crippen molar-refractivity contribution >= 4 is 6.03 Å². The van der Waals surface area contributed by atoms with Gasteiger partial charge in [-0.25, -0.2) is 4.79 Å². The minimum absolute atomic E-state index is 0.103. The number of nitrogens with zero attached hydrogens (tertiary/aromatic N) is 1. The first kappa shape index (κ1) is 15.2. The Hall–Kier alpha value is -0.810. The van der Waals surface area contributed by atoms with Crippen molar-refractivity contribution in [1.29, 1.82) is 0 Å². The van der Waals surface area contributed by atoms with Gasteiger partial charge < -0.3 is 20.6 Å². The van der Waals surface area contributed by atoms with Crippen molar-refractivity contribution in [3.8, 4) is 0 Å². The number of urea groups is 1. The minimum atomic E-state index is -0.136. The SMILES string of the molecule is CC(CO)CNC(=O)NCC(C)CN1CCCC1. The monoisotopic (exact) mass is 257 g/mol. The van der Waals surface area contributed by atoms with Gasteiger partial charge in [-0.15, -0.1) is 0 Å². The molecule has 0 aliphatic carbocycles. The standard InChI is InChI=1S/C13H27N3O2/c1-11(9-16-5-3-4-6-16)7-14-13(18)15-8-12(2)10-17/h11-12,17H,3-10H2,1-2H3,(H2,14,15,18). The Morgan fingerprint density at radius 3 is 2.28 bits per heavy atom. The lowest BCUT2D eigenvalue weighted by Crippen LogP contribution is -2.41. The smallest absolute Gasteiger partial charge is 0.314 e. The highest BCUT2D eigenvalue weighted by Crippen LogP contribution is 2.09. The van der Waals surface area contributed by atoms with E-state index in [1.807, 2.05) is 6.92 Å². The third-order valence-electron chi connectivity index (χ3n) is 3.30. The maximum absolute atomic E-state index is 11.5. The van der Waals surface area contributed by atoms with Crippen LogP contribution in [0.2, 0.25) is 0 Å². The molecule has 18 heavy (non-hydrogen) atoms. The van der Waals surface area contributed by atoms with E-state index in [4.69, 9.17) is 5.11 Å². The van der Waals surface area contributed by atoms with Crippen LogP contribution in [0.3, 0.4) is 0 Å². The molecule has 0 bridgehead atoms. The average molecular weight is 257 g/mol. The Bertz CT molecular complexity index is 242. The molecule has 0 aromatic rings. The largest absolute Gasteiger partial charge is 0.396 e. The minimum Gasteiger partial charge on any atom is -0.396 e. The van der Waals surface area contributed by atoms with Crippen LogP contribution in [0.5, 0.6) is 0 Å². The summed E-state index contributed by atoms with van der Waals surface area (Å²) in [6.07, 6.45) is 2.61. The van der Waals surface area contributed by atoms with Crippen molar-refractivity contribution in [1.82, 2.24) is 15.5 Å². The van der Waals surface area contributed by atoms with Gasteiger partial charge in [-0.1, -0.05) is 13.8 Å². The average Bonchev–Trinajstić information content (AvgIpc) is 2.86. The molecule has 1 fully saturated rings. The van der Waals surface area contributed by atoms with Crippen LogP contribution in [0.25, 0.3) is 0 Å². The van der Waals surface area contributed by atoms with Crippen LogP contribution in [0, 0.1) is 11.8 Å². The first-order chi connectivity index (χ1) is 8.61. The fourth-order valence-corrected chi connectivity index (χ4v) is 2.13. The van der Waals surface area contributed by atoms with E-state index in [0.717, 1.165) is 6.54 Å². The van der Waals surface area contributed by atoms with E-state index in [2.05, 4.69) is 22.5 Å². The number of hydrogen-bond acceptors (Lipinski definition) is 3. The van der Waals surface area contributed by atoms with Gasteiger partial charge in [0.25, 0.3) is 0 Å². The molecule has 0 aromatic heterocycles. The van der Waals surface area contributed by atoms with E-state index in [-0.39, 0.29) is 18.6 Å². The first-order valence-corrected chi connectivity index (χ1v) is 6.96. The summed E-state index contributed by atoms with van der Waals surface area (Å²) in [6.45, 7) is 8.85. The van der Waals surface area contributed by atoms with Gasteiger partial charge in [0.15, 0.2) is 0 Å². The third-order valence-corrected chi connectivity index (χ3v) is 3.30. The first-order valence-electron chi connectivity index (χ1n) is 6.96. The highest BCUT2D eigenvalue weighted by Gasteiger charge is 2.15. The maximum atomic E-state index is 11.5. The van der Waals surface area contributed by atoms with E-state index in [9.17, 15) is 4.79 Å². The lowest BCUT2D eigenvalue weighted by atomic mass is 10.1. The molecule has 5 nitrogen and oxygen atoms in total. The van der Waals surface area contributed by atoms with Crippen molar-refractivity contribution in [3.63, 3.8) is 0 Å². The van der Waals surface area contributed by atoms with E-state index in [0.29, 0.717) is 19.0 Å². The van der Waals surface area contributed by atoms with Crippen molar-refractivity contribution in [2.45, 2.75) is 26.7 Å². The Morgan fingerprint density at radius 2 is 1.72 bits per heavy atom. The molecule has 1 rings (SSSR count). The second-order valence-corrected chi connectivity index (χ2v) is 5.49. The summed E-state index contributed by atoms with van der Waals surface area (Å²) in [7, 11) is 0. The molecule has 2 amide bonds. The van der Waals surface area contributed by atoms with Crippen LogP contribution in [0.4, 0.5) is 4.79 Å². The van der Waals surface area contributed by atoms with E-state index in [1.165, 1.54) is 25.9 Å². The van der Waals surface area contributed by atoms with E-state index < -0.39 is 0 Å². The molecule has 0 radical (unpaired) electrons. The fraction of sp³-hybridized carbons (Fsp3) is 0.923. The molecule has 5 heteroatoms. The summed E-state index contributed by atoms with van der Waals surface area (Å²) in [6, 6.07) is -0.136. The van der Waals surface area contributed by atoms with Gasteiger partial charge in [0.05, 0.1) is 0 Å². The number of hydrogen-bond donors (Lipinski definition) is 3. The summed E-state index contributed by atoms with van der Waals surface area (Å²) in [5, 5.41) is 14.5. The van der Waals surface area contributed by atoms with Crippen molar-refractivity contribution < 1.29 is 9.90 Å². The van der Waals surface area contributed by atoms with Crippen molar-refractivity contribution in [2.75, 3.05) is 39.3 Å². The van der Waals surface area contributed by atoms with Gasteiger partial charge in [-0.05, 0) is 37.8 Å². The van der Waals surface area contributed by atoms with Gasteiger partial charge in [0.1, 0.15) is 0 Å². The molecular weight excluding hydrogens is 230 g/mol. The quantitative estimate of drug-likeness (QED) is 0.627. The molecule has 1 heterocycles. The number of aliphatic hydroxyl groups excluding tert-OH is 1. The summed E-state index contributed by atoms with van der Waals surface area (Å²) < 4.78 is 0. The predicted octanol–water partition coefficient (Wildman–Crippen LogP) is 0.646. The zero-order chi connectivity index (χ0) is 13.4. The number of carbonyl (C=O) groups excluding carboxylic acids is 1. The molecule has 0 saturated carbocycles. The lowest BCUT2D eigenvalue weighted by Gasteiger charge is -2.20. The molecule has 1 aliphatic heterocycles. The van der Waals surface area contributed by atoms with Crippen LogP contribution < -0.4 is 10.6 Å². The number of rotatable bonds is 7. The molecule has 0 aromatic carbocycles. The van der Waals surface area contributed by atoms with Gasteiger partial charge in [0, 0.05) is 26.2 Å². The summed E-state index contributed by atoms with van der Waals surface area (Å²) in [5.41, 5.74) is 0. The molecule has 2 atom stereocenters. The van der Waals surface area contributed by atoms with Gasteiger partial charge in [-0.2, -0.15) is 0 Å². The Morgan fingerprint density at radius 1 is 1.17 bits per heavy atom. The molecule has 2 unspecified atom stereocenters. The molecule has 1 aliphatic rings. The number of amides is 2. The lowest BCUT2D eigenvalue weighted by molar-refractivity contribution is 0.219. The van der Waals surface area contributed by atoms with Crippen LogP contribution in [0.1, 0.15) is 26.7 Å². The van der Waals surface area contributed by atoms with Crippen LogP contribution in [0.15, 0.2) is 0 Å². The number of aliphatic hydroxyl groups is 1. The molecule has 0 spiro atoms. The van der Waals surface area contributed by atoms with E-state index >= 15 is 0 Å². The maximum Gasteiger partial charge on any atom is 0.314 e. The fourth-order valence-electron chi connectivity index (χ4n) is 2.13. The van der Waals surface area contributed by atoms with Crippen LogP contribution in [-0.2, 0) is 0 Å². The predicted molar refractivity (Wildman–Crippen MR) is 72.5 cm³/mol. The highest BCUT2D eigenvalue weighted by molar-refractivity contribution is 5.73. The summed E-state index contributed by atoms with van der Waals surface area (Å²) in [5.74, 6) is 0.585. The zero-order valence-corrected chi connectivity index (χ0v) is 11.6. The van der Waals surface area contributed by atoms with Gasteiger partial charge in [0.2, 0.25) is 0 Å². The topological polar surface area (TPSA) is 64.6 Å². The van der Waals surface area contributed by atoms with Crippen molar-refractivity contribution in [2.24, 2.45) is 11.8 Å². The van der Waals surface area contributed by atoms with Gasteiger partial charge >= 0.3 is 6.03 Å². The zero-order valence-electron chi connectivity index (χ0n) is 11.6. The van der Waals surface area contributed by atoms with Crippen molar-refractivity contribution in [3.05, 3.63) is 0 Å². The second kappa shape index (κ2) is 8.32. The molecule has 3 N–H and O–H groups in total. The summed E-state index contributed by atoms with van der Waals surface area (Å²) >= 11 is 0. The van der Waals surface area contributed by atoms with Crippen LogP contribution in [-0.4, -0.2) is 55.4 Å². The molecular formula is C13H27N3O2. The normalized spacial score (nSPS) is 19.5. The Balaban J connectivity index is 2.05. The second-order valence-electron chi connectivity index (χ2n) is 5.49. The highest BCUT2D eigenvalue weighted by atomic mass is 16.3. The molecule has 106 valence electrons. The third kappa shape index (κ3) is 6.21. The van der Waals surface area contributed by atoms with E-state index in [1.54, 1.807) is 0 Å². The summed E-state index contributed by atoms with van der Waals surface area (Å²) in [4.78, 5) is 13.9. The molecule has 1 saturated heterocycles. The Kier molecular flexibility index (Phi) is 7.05. The van der Waals surface area contributed by atoms with Crippen LogP contribution >= 0.6 is 0 Å². The number of nitrogens with one attached hydrogen (secondary N) is 2.